The quantitative estimate of drug-likeness (QED) is 0.704. The van der Waals surface area contributed by atoms with Gasteiger partial charge in [0.15, 0.2) is 0 Å². The average Bonchev–Trinajstić information content (AvgIpc) is 3.24. The smallest absolute Gasteiger partial charge is 0.118 e. The largest absolute Gasteiger partial charge is 0.497 e. The van der Waals surface area contributed by atoms with Gasteiger partial charge in [0.25, 0.3) is 0 Å². The standard InChI is InChI=1S/C17H21N5O/c1-3-22-12-13(10-19-22)9-18-11-15-8-17(21-20-15)14-4-6-16(23-2)7-5-14/h4-8,10,12,18H,3,9,11H2,1-2H3,(H,20,21). The van der Waals surface area contributed by atoms with Crippen molar-refractivity contribution in [1.82, 2.24) is 25.3 Å². The predicted octanol–water partition coefficient (Wildman–Crippen LogP) is 2.59. The van der Waals surface area contributed by atoms with Crippen molar-refractivity contribution in [2.45, 2.75) is 26.6 Å². The maximum Gasteiger partial charge on any atom is 0.118 e. The molecule has 0 fully saturated rings. The average molecular weight is 311 g/mol. The Morgan fingerprint density at radius 1 is 1.22 bits per heavy atom. The fourth-order valence-corrected chi connectivity index (χ4v) is 2.37. The molecular formula is C17H21N5O. The van der Waals surface area contributed by atoms with Crippen LogP contribution in [0.2, 0.25) is 0 Å². The molecule has 1 aromatic carbocycles. The van der Waals surface area contributed by atoms with E-state index in [4.69, 9.17) is 4.74 Å². The van der Waals surface area contributed by atoms with Crippen LogP contribution in [0.4, 0.5) is 0 Å². The minimum absolute atomic E-state index is 0.737. The summed E-state index contributed by atoms with van der Waals surface area (Å²) in [4.78, 5) is 0. The van der Waals surface area contributed by atoms with Gasteiger partial charge in [-0.25, -0.2) is 0 Å². The molecule has 3 aromatic rings. The molecule has 0 saturated heterocycles. The third-order valence-corrected chi connectivity index (χ3v) is 3.67. The number of nitrogens with one attached hydrogen (secondary N) is 2. The molecule has 0 atom stereocenters. The van der Waals surface area contributed by atoms with Gasteiger partial charge in [-0.15, -0.1) is 0 Å². The molecule has 6 heteroatoms. The van der Waals surface area contributed by atoms with Gasteiger partial charge in [0.2, 0.25) is 0 Å². The summed E-state index contributed by atoms with van der Waals surface area (Å²) in [5.74, 6) is 0.846. The first-order valence-electron chi connectivity index (χ1n) is 7.69. The molecule has 23 heavy (non-hydrogen) atoms. The van der Waals surface area contributed by atoms with E-state index in [-0.39, 0.29) is 0 Å². The molecule has 0 aliphatic rings. The van der Waals surface area contributed by atoms with Crippen LogP contribution in [0.15, 0.2) is 42.7 Å². The normalized spacial score (nSPS) is 10.9. The number of methoxy groups -OCH3 is 1. The van der Waals surface area contributed by atoms with Crippen LogP contribution in [0.1, 0.15) is 18.2 Å². The summed E-state index contributed by atoms with van der Waals surface area (Å²) in [5, 5.41) is 15.1. The zero-order chi connectivity index (χ0) is 16.1. The van der Waals surface area contributed by atoms with E-state index < -0.39 is 0 Å². The lowest BCUT2D eigenvalue weighted by Crippen LogP contribution is -2.12. The van der Waals surface area contributed by atoms with Crippen molar-refractivity contribution in [2.24, 2.45) is 0 Å². The molecule has 3 rings (SSSR count). The molecule has 0 aliphatic carbocycles. The predicted molar refractivity (Wildman–Crippen MR) is 89.0 cm³/mol. The Morgan fingerprint density at radius 3 is 2.74 bits per heavy atom. The summed E-state index contributed by atoms with van der Waals surface area (Å²) in [6.07, 6.45) is 3.95. The van der Waals surface area contributed by atoms with Gasteiger partial charge in [0.1, 0.15) is 5.75 Å². The van der Waals surface area contributed by atoms with Crippen molar-refractivity contribution in [3.05, 3.63) is 54.0 Å². The maximum atomic E-state index is 5.17. The lowest BCUT2D eigenvalue weighted by atomic mass is 10.1. The van der Waals surface area contributed by atoms with Gasteiger partial charge in [0.05, 0.1) is 19.0 Å². The van der Waals surface area contributed by atoms with Crippen molar-refractivity contribution >= 4 is 0 Å². The van der Waals surface area contributed by atoms with Crippen molar-refractivity contribution in [3.63, 3.8) is 0 Å². The maximum absolute atomic E-state index is 5.17. The minimum Gasteiger partial charge on any atom is -0.497 e. The monoisotopic (exact) mass is 311 g/mol. The van der Waals surface area contributed by atoms with E-state index in [0.717, 1.165) is 42.3 Å². The van der Waals surface area contributed by atoms with E-state index in [0.29, 0.717) is 0 Å². The second-order valence-corrected chi connectivity index (χ2v) is 5.31. The minimum atomic E-state index is 0.737. The van der Waals surface area contributed by atoms with Crippen LogP contribution < -0.4 is 10.1 Å². The Bertz CT molecular complexity index is 744. The lowest BCUT2D eigenvalue weighted by molar-refractivity contribution is 0.415. The lowest BCUT2D eigenvalue weighted by Gasteiger charge is -2.00. The number of nitrogens with zero attached hydrogens (tertiary/aromatic N) is 3. The number of aromatic amines is 1. The Labute approximate surface area is 135 Å². The van der Waals surface area contributed by atoms with Crippen LogP contribution in [-0.2, 0) is 19.6 Å². The van der Waals surface area contributed by atoms with Crippen LogP contribution >= 0.6 is 0 Å². The number of hydrogen-bond acceptors (Lipinski definition) is 4. The first-order valence-corrected chi connectivity index (χ1v) is 7.69. The molecule has 0 aliphatic heterocycles. The summed E-state index contributed by atoms with van der Waals surface area (Å²) >= 11 is 0. The van der Waals surface area contributed by atoms with Crippen molar-refractivity contribution in [3.8, 4) is 17.0 Å². The highest BCUT2D eigenvalue weighted by molar-refractivity contribution is 5.60. The van der Waals surface area contributed by atoms with Crippen LogP contribution in [0, 0.1) is 0 Å². The third kappa shape index (κ3) is 3.78. The van der Waals surface area contributed by atoms with Gasteiger partial charge in [-0.2, -0.15) is 10.2 Å². The van der Waals surface area contributed by atoms with Gasteiger partial charge >= 0.3 is 0 Å². The van der Waals surface area contributed by atoms with Gasteiger partial charge in [0, 0.05) is 42.7 Å². The molecular weight excluding hydrogens is 290 g/mol. The number of aromatic nitrogens is 4. The highest BCUT2D eigenvalue weighted by Gasteiger charge is 2.04. The van der Waals surface area contributed by atoms with Crippen molar-refractivity contribution in [2.75, 3.05) is 7.11 Å². The van der Waals surface area contributed by atoms with Crippen LogP contribution in [0.25, 0.3) is 11.3 Å². The Hall–Kier alpha value is -2.60. The second kappa shape index (κ2) is 7.11. The Kier molecular flexibility index (Phi) is 4.73. The SMILES string of the molecule is CCn1cc(CNCc2cc(-c3ccc(OC)cc3)n[nH]2)cn1. The molecule has 2 N–H and O–H groups in total. The highest BCUT2D eigenvalue weighted by Crippen LogP contribution is 2.21. The first-order chi connectivity index (χ1) is 11.3. The fraction of sp³-hybridized carbons (Fsp3) is 0.294. The summed E-state index contributed by atoms with van der Waals surface area (Å²) in [6.45, 7) is 4.50. The fourth-order valence-electron chi connectivity index (χ4n) is 2.37. The molecule has 0 bridgehead atoms. The molecule has 0 saturated carbocycles. The molecule has 6 nitrogen and oxygen atoms in total. The molecule has 2 aromatic heterocycles. The number of aryl methyl sites for hydroxylation is 1. The van der Waals surface area contributed by atoms with Crippen LogP contribution in [0.5, 0.6) is 5.75 Å². The van der Waals surface area contributed by atoms with Crippen LogP contribution in [-0.4, -0.2) is 27.1 Å². The zero-order valence-corrected chi connectivity index (χ0v) is 13.4. The van der Waals surface area contributed by atoms with Crippen LogP contribution in [0.3, 0.4) is 0 Å². The summed E-state index contributed by atoms with van der Waals surface area (Å²) < 4.78 is 7.10. The highest BCUT2D eigenvalue weighted by atomic mass is 16.5. The van der Waals surface area contributed by atoms with E-state index in [9.17, 15) is 0 Å². The number of benzene rings is 1. The van der Waals surface area contributed by atoms with Gasteiger partial charge in [-0.1, -0.05) is 0 Å². The molecule has 0 spiro atoms. The van der Waals surface area contributed by atoms with E-state index in [2.05, 4.69) is 39.8 Å². The number of H-pyrrole nitrogens is 1. The van der Waals surface area contributed by atoms with Gasteiger partial charge in [-0.05, 0) is 37.3 Å². The number of ether oxygens (including phenoxy) is 1. The molecule has 120 valence electrons. The topological polar surface area (TPSA) is 67.8 Å². The Morgan fingerprint density at radius 2 is 2.04 bits per heavy atom. The van der Waals surface area contributed by atoms with Crippen molar-refractivity contribution in [1.29, 1.82) is 0 Å². The number of rotatable bonds is 7. The molecule has 0 radical (unpaired) electrons. The van der Waals surface area contributed by atoms with Gasteiger partial charge in [-0.3, -0.25) is 9.78 Å². The van der Waals surface area contributed by atoms with E-state index in [1.807, 2.05) is 35.1 Å². The molecule has 0 amide bonds. The summed E-state index contributed by atoms with van der Waals surface area (Å²) in [6, 6.07) is 9.95. The Balaban J connectivity index is 1.56. The first kappa shape index (κ1) is 15.3. The summed E-state index contributed by atoms with van der Waals surface area (Å²) in [7, 11) is 1.66. The van der Waals surface area contributed by atoms with Crippen molar-refractivity contribution < 1.29 is 4.74 Å². The molecule has 2 heterocycles. The van der Waals surface area contributed by atoms with E-state index in [1.165, 1.54) is 5.56 Å². The molecule has 0 unspecified atom stereocenters. The van der Waals surface area contributed by atoms with E-state index >= 15 is 0 Å². The summed E-state index contributed by atoms with van der Waals surface area (Å²) in [5.41, 5.74) is 4.24. The number of hydrogen-bond donors (Lipinski definition) is 2. The third-order valence-electron chi connectivity index (χ3n) is 3.67. The second-order valence-electron chi connectivity index (χ2n) is 5.31. The van der Waals surface area contributed by atoms with Gasteiger partial charge < -0.3 is 10.1 Å². The van der Waals surface area contributed by atoms with E-state index in [1.54, 1.807) is 7.11 Å². The zero-order valence-electron chi connectivity index (χ0n) is 13.4.